The first kappa shape index (κ1) is 31.6. The summed E-state index contributed by atoms with van der Waals surface area (Å²) in [5.74, 6) is 0. The molecule has 3 rings (SSSR count). The fourth-order valence-corrected chi connectivity index (χ4v) is 4.53. The van der Waals surface area contributed by atoms with E-state index in [-0.39, 0.29) is 69.8 Å². The van der Waals surface area contributed by atoms with Crippen LogP contribution in [-0.4, -0.2) is 0 Å². The molecule has 0 saturated carbocycles. The molecule has 0 amide bonds. The number of hydrogen-bond donors (Lipinski definition) is 0. The van der Waals surface area contributed by atoms with Crippen molar-refractivity contribution in [2.75, 3.05) is 0 Å². The Hall–Kier alpha value is -0.626. The Morgan fingerprint density at radius 2 is 1.17 bits per heavy atom. The van der Waals surface area contributed by atoms with Crippen LogP contribution in [0.1, 0.15) is 62.8 Å². The Kier molecular flexibility index (Phi) is 14.4. The van der Waals surface area contributed by atoms with Crippen LogP contribution in [0.4, 0.5) is 0 Å². The Morgan fingerprint density at radius 3 is 1.57 bits per heavy atom. The topological polar surface area (TPSA) is 0 Å². The van der Waals surface area contributed by atoms with Gasteiger partial charge in [0.2, 0.25) is 0 Å². The summed E-state index contributed by atoms with van der Waals surface area (Å²) in [5.41, 5.74) is 5.59. The van der Waals surface area contributed by atoms with Crippen molar-refractivity contribution < 1.29 is 58.9 Å². The minimum atomic E-state index is -0.165. The molecule has 0 aliphatic rings. The van der Waals surface area contributed by atoms with Gasteiger partial charge < -0.3 is 37.2 Å². The average Bonchev–Trinajstić information content (AvgIpc) is 3.10. The van der Waals surface area contributed by atoms with E-state index in [2.05, 4.69) is 107 Å². The van der Waals surface area contributed by atoms with Crippen LogP contribution in [-0.2, 0) is 33.6 Å². The van der Waals surface area contributed by atoms with Gasteiger partial charge in [0.15, 0.2) is 0 Å². The number of unbranched alkanes of at least 4 members (excludes halogenated alkanes) is 1. The van der Waals surface area contributed by atoms with Crippen LogP contribution < -0.4 is 37.2 Å². The fourth-order valence-electron chi connectivity index (χ4n) is 4.53. The van der Waals surface area contributed by atoms with Crippen molar-refractivity contribution in [3.63, 3.8) is 0 Å². The molecule has 0 aromatic heterocycles. The molecule has 0 radical (unpaired) electrons. The number of benzene rings is 2. The predicted molar refractivity (Wildman–Crippen MR) is 113 cm³/mol. The van der Waals surface area contributed by atoms with Gasteiger partial charge in [0.1, 0.15) is 0 Å². The summed E-state index contributed by atoms with van der Waals surface area (Å²) in [6, 6.07) is 29.1. The quantitative estimate of drug-likeness (QED) is 0.277. The van der Waals surface area contributed by atoms with Crippen LogP contribution >= 0.6 is 0 Å². The molecular weight excluding hydrogens is 467 g/mol. The fraction of sp³-hybridized carbons (Fsp3) is 0.346. The van der Waals surface area contributed by atoms with Gasteiger partial charge in [0.05, 0.1) is 0 Å². The van der Waals surface area contributed by atoms with E-state index in [1.807, 2.05) is 0 Å². The van der Waals surface area contributed by atoms with E-state index in [1.54, 1.807) is 0 Å². The van der Waals surface area contributed by atoms with Crippen LogP contribution in [0.25, 0.3) is 0 Å². The second-order valence-corrected chi connectivity index (χ2v) is 8.30. The van der Waals surface area contributed by atoms with Crippen molar-refractivity contribution in [3.05, 3.63) is 101 Å². The van der Waals surface area contributed by atoms with Crippen molar-refractivity contribution in [1.29, 1.82) is 0 Å². The maximum absolute atomic E-state index is 2.38. The van der Waals surface area contributed by atoms with E-state index in [4.69, 9.17) is 0 Å². The Morgan fingerprint density at radius 1 is 0.700 bits per heavy atom. The first-order chi connectivity index (χ1) is 12.5. The smallest absolute Gasteiger partial charge is 1.00 e. The van der Waals surface area contributed by atoms with Crippen LogP contribution in [0.5, 0.6) is 0 Å². The van der Waals surface area contributed by atoms with E-state index in [0.29, 0.717) is 0 Å². The maximum Gasteiger partial charge on any atom is 4.00 e. The zero-order chi connectivity index (χ0) is 18.6. The van der Waals surface area contributed by atoms with E-state index in [9.17, 15) is 0 Å². The molecule has 3 aromatic rings. The largest absolute Gasteiger partial charge is 4.00 e. The summed E-state index contributed by atoms with van der Waals surface area (Å²) in [7, 11) is 0. The molecule has 160 valence electrons. The molecule has 0 spiro atoms. The van der Waals surface area contributed by atoms with Gasteiger partial charge >= 0.3 is 21.7 Å². The molecule has 0 nitrogen and oxygen atoms in total. The summed E-state index contributed by atoms with van der Waals surface area (Å²) in [5, 5.41) is 0. The van der Waals surface area contributed by atoms with Gasteiger partial charge in [0, 0.05) is 5.41 Å². The van der Waals surface area contributed by atoms with Crippen LogP contribution in [0, 0.1) is 5.41 Å². The molecule has 0 fully saturated rings. The van der Waals surface area contributed by atoms with Crippen LogP contribution in [0.3, 0.4) is 0 Å². The zero-order valence-corrected chi connectivity index (χ0v) is 22.1. The maximum atomic E-state index is 2.38. The summed E-state index contributed by atoms with van der Waals surface area (Å²) >= 11 is 0. The van der Waals surface area contributed by atoms with Crippen molar-refractivity contribution in [2.24, 2.45) is 5.41 Å². The summed E-state index contributed by atoms with van der Waals surface area (Å²) < 4.78 is 0. The van der Waals surface area contributed by atoms with Crippen molar-refractivity contribution in [2.45, 2.75) is 52.4 Å². The van der Waals surface area contributed by atoms with Crippen molar-refractivity contribution in [1.82, 2.24) is 0 Å². The minimum absolute atomic E-state index is 0. The van der Waals surface area contributed by atoms with E-state index in [1.165, 1.54) is 35.1 Å². The van der Waals surface area contributed by atoms with Gasteiger partial charge in [-0.25, -0.2) is 12.1 Å². The van der Waals surface area contributed by atoms with Crippen LogP contribution in [0.2, 0.25) is 0 Å². The van der Waals surface area contributed by atoms with Crippen LogP contribution in [0.15, 0.2) is 78.9 Å². The Balaban J connectivity index is 0. The standard InChI is InChI=1S/C26H31.3ClH.Ti/c1-5-6-14-21-15-13-20-24(21)26(25(2,3)4,22-16-9-7-10-17-22)23-18-11-8-12-19-23;;;;/h7-13,15-20H,5-6,14H2,1-4H3;3*1H;/q-1;;;;+4/p-3. The van der Waals surface area contributed by atoms with Gasteiger partial charge in [-0.1, -0.05) is 108 Å². The molecule has 4 heteroatoms. The molecular formula is C26H31Cl3Ti. The molecule has 0 aliphatic carbocycles. The van der Waals surface area contributed by atoms with E-state index in [0.717, 1.165) is 6.42 Å². The summed E-state index contributed by atoms with van der Waals surface area (Å²) in [6.45, 7) is 9.41. The predicted octanol–water partition coefficient (Wildman–Crippen LogP) is -1.86. The third kappa shape index (κ3) is 5.99. The molecule has 0 saturated heterocycles. The molecule has 0 unspecified atom stereocenters. The zero-order valence-electron chi connectivity index (χ0n) is 18.3. The molecule has 30 heavy (non-hydrogen) atoms. The first-order valence-electron chi connectivity index (χ1n) is 9.88. The third-order valence-corrected chi connectivity index (χ3v) is 5.65. The monoisotopic (exact) mass is 496 g/mol. The van der Waals surface area contributed by atoms with Gasteiger partial charge in [-0.3, -0.25) is 0 Å². The summed E-state index contributed by atoms with van der Waals surface area (Å²) in [6.07, 6.45) is 3.61. The van der Waals surface area contributed by atoms with E-state index < -0.39 is 0 Å². The van der Waals surface area contributed by atoms with Gasteiger partial charge in [0.25, 0.3) is 0 Å². The normalized spacial score (nSPS) is 10.7. The number of halogens is 3. The second kappa shape index (κ2) is 13.7. The number of aryl methyl sites for hydroxylation is 1. The molecule has 0 aliphatic heterocycles. The molecule has 0 atom stereocenters. The van der Waals surface area contributed by atoms with Gasteiger partial charge in [-0.15, -0.1) is 5.56 Å². The third-order valence-electron chi connectivity index (χ3n) is 5.65. The molecule has 0 bridgehead atoms. The first-order valence-corrected chi connectivity index (χ1v) is 9.88. The Bertz CT molecular complexity index is 781. The molecule has 0 heterocycles. The van der Waals surface area contributed by atoms with Crippen molar-refractivity contribution in [3.8, 4) is 0 Å². The summed E-state index contributed by atoms with van der Waals surface area (Å²) in [4.78, 5) is 0. The Labute approximate surface area is 216 Å². The minimum Gasteiger partial charge on any atom is -1.00 e. The molecule has 0 N–H and O–H groups in total. The average molecular weight is 498 g/mol. The number of hydrogen-bond acceptors (Lipinski definition) is 0. The SMILES string of the molecule is CCCCc1ccc[c-]1C(c1ccccc1)(c1ccccc1)C(C)(C)C.[Cl-].[Cl-].[Cl-].[Ti+4]. The van der Waals surface area contributed by atoms with Gasteiger partial charge in [-0.05, 0) is 16.5 Å². The second-order valence-electron chi connectivity index (χ2n) is 8.30. The van der Waals surface area contributed by atoms with Crippen molar-refractivity contribution >= 4 is 0 Å². The van der Waals surface area contributed by atoms with Gasteiger partial charge in [-0.2, -0.15) is 11.6 Å². The van der Waals surface area contributed by atoms with E-state index >= 15 is 0 Å². The molecule has 3 aromatic carbocycles. The number of rotatable bonds is 6.